The van der Waals surface area contributed by atoms with Gasteiger partial charge in [0.1, 0.15) is 10.1 Å². The molecule has 0 fully saturated rings. The minimum absolute atomic E-state index is 0.882. The van der Waals surface area contributed by atoms with Crippen molar-refractivity contribution in [1.82, 2.24) is 19.9 Å². The van der Waals surface area contributed by atoms with Gasteiger partial charge in [-0.3, -0.25) is 9.97 Å². The Hall–Kier alpha value is -2.00. The zero-order valence-electron chi connectivity index (χ0n) is 15.9. The molecule has 4 nitrogen and oxygen atoms in total. The molecular weight excluding hydrogens is 449 g/mol. The average Bonchev–Trinajstić information content (AvgIpc) is 2.81. The Morgan fingerprint density at radius 3 is 1.47 bits per heavy atom. The molecule has 0 N–H and O–H groups in total. The van der Waals surface area contributed by atoms with Crippen molar-refractivity contribution in [3.05, 3.63) is 96.6 Å². The molecule has 0 aliphatic carbocycles. The van der Waals surface area contributed by atoms with E-state index in [2.05, 4.69) is 44.2 Å². The predicted octanol–water partition coefficient (Wildman–Crippen LogP) is 6.81. The number of hydrogen-bond acceptors (Lipinski definition) is 8. The monoisotopic (exact) mass is 466 g/mol. The predicted molar refractivity (Wildman–Crippen MR) is 130 cm³/mol. The molecule has 30 heavy (non-hydrogen) atoms. The van der Waals surface area contributed by atoms with Crippen molar-refractivity contribution in [3.63, 3.8) is 0 Å². The van der Waals surface area contributed by atoms with Crippen LogP contribution in [0.5, 0.6) is 0 Å². The normalized spacial score (nSPS) is 10.8. The van der Waals surface area contributed by atoms with Crippen LogP contribution in [0.25, 0.3) is 11.4 Å². The first kappa shape index (κ1) is 21.2. The lowest BCUT2D eigenvalue weighted by molar-refractivity contribution is 1.14. The summed E-state index contributed by atoms with van der Waals surface area (Å²) in [6.45, 7) is 0. The highest BCUT2D eigenvalue weighted by Crippen LogP contribution is 2.34. The van der Waals surface area contributed by atoms with Gasteiger partial charge in [-0.1, -0.05) is 33.7 Å². The zero-order valence-corrected chi connectivity index (χ0v) is 19.2. The molecule has 0 saturated heterocycles. The van der Waals surface area contributed by atoms with Gasteiger partial charge in [-0.2, -0.15) is 0 Å². The first-order valence-electron chi connectivity index (χ1n) is 9.18. The molecule has 0 aromatic carbocycles. The highest BCUT2D eigenvalue weighted by molar-refractivity contribution is 8.76. The fourth-order valence-corrected chi connectivity index (χ4v) is 6.47. The van der Waals surface area contributed by atoms with Gasteiger partial charge in [0.05, 0.1) is 11.4 Å². The van der Waals surface area contributed by atoms with E-state index in [4.69, 9.17) is 0 Å². The van der Waals surface area contributed by atoms with E-state index in [-0.39, 0.29) is 0 Å². The van der Waals surface area contributed by atoms with Crippen molar-refractivity contribution in [3.8, 4) is 11.4 Å². The third kappa shape index (κ3) is 6.50. The van der Waals surface area contributed by atoms with Crippen LogP contribution in [0.2, 0.25) is 0 Å². The highest BCUT2D eigenvalue weighted by Gasteiger charge is 2.06. The summed E-state index contributed by atoms with van der Waals surface area (Å²) in [5, 5.41) is 2.04. The van der Waals surface area contributed by atoms with Crippen LogP contribution in [-0.2, 0) is 11.5 Å². The summed E-state index contributed by atoms with van der Waals surface area (Å²) in [4.78, 5) is 17.7. The van der Waals surface area contributed by atoms with Crippen molar-refractivity contribution < 1.29 is 0 Å². The van der Waals surface area contributed by atoms with E-state index in [0.717, 1.165) is 32.9 Å². The molecule has 4 aromatic heterocycles. The third-order valence-electron chi connectivity index (χ3n) is 3.93. The Morgan fingerprint density at radius 1 is 0.533 bits per heavy atom. The smallest absolute Gasteiger partial charge is 0.106 e. The van der Waals surface area contributed by atoms with E-state index < -0.39 is 0 Å². The summed E-state index contributed by atoms with van der Waals surface area (Å²) in [6, 6.07) is 20.3. The topological polar surface area (TPSA) is 51.6 Å². The van der Waals surface area contributed by atoms with E-state index in [1.165, 1.54) is 11.1 Å². The molecule has 0 amide bonds. The Morgan fingerprint density at radius 2 is 1.03 bits per heavy atom. The molecule has 0 aliphatic rings. The van der Waals surface area contributed by atoms with E-state index >= 15 is 0 Å². The lowest BCUT2D eigenvalue weighted by Crippen LogP contribution is -1.91. The van der Waals surface area contributed by atoms with Gasteiger partial charge in [-0.05, 0) is 81.2 Å². The molecule has 4 aromatic rings. The van der Waals surface area contributed by atoms with Gasteiger partial charge in [-0.15, -0.1) is 0 Å². The van der Waals surface area contributed by atoms with Crippen molar-refractivity contribution >= 4 is 43.2 Å². The molecule has 0 bridgehead atoms. The minimum atomic E-state index is 0.882. The van der Waals surface area contributed by atoms with Crippen LogP contribution in [0.3, 0.4) is 0 Å². The summed E-state index contributed by atoms with van der Waals surface area (Å²) in [6.07, 6.45) is 7.35. The van der Waals surface area contributed by atoms with Crippen molar-refractivity contribution in [2.45, 2.75) is 21.6 Å². The maximum absolute atomic E-state index is 4.53. The summed E-state index contributed by atoms with van der Waals surface area (Å²) < 4.78 is 0. The van der Waals surface area contributed by atoms with Crippen LogP contribution < -0.4 is 0 Å². The van der Waals surface area contributed by atoms with Gasteiger partial charge >= 0.3 is 0 Å². The summed E-state index contributed by atoms with van der Waals surface area (Å²) >= 11 is 0. The number of aromatic nitrogens is 4. The number of pyridine rings is 4. The van der Waals surface area contributed by atoms with Crippen LogP contribution >= 0.6 is 43.2 Å². The molecule has 0 saturated carbocycles. The fourth-order valence-electron chi connectivity index (χ4n) is 2.52. The van der Waals surface area contributed by atoms with Gasteiger partial charge in [0, 0.05) is 36.3 Å². The Bertz CT molecular complexity index is 978. The number of nitrogens with zero attached hydrogens (tertiary/aromatic N) is 4. The standard InChI is InChI=1S/C22H18N4S4/c1-3-9-25-21(5-1)29-27-15-17-7-11-23-19(13-17)20-14-18(8-12-24-20)16-28-30-22-6-2-4-10-26-22/h1-14H,15-16H2. The molecule has 0 aliphatic heterocycles. The van der Waals surface area contributed by atoms with Gasteiger partial charge < -0.3 is 0 Å². The SMILES string of the molecule is c1ccc(SSCc2ccnc(-c3cc(CSSc4ccccn4)ccn3)c2)nc1. The summed E-state index contributed by atoms with van der Waals surface area (Å²) in [5.74, 6) is 1.76. The van der Waals surface area contributed by atoms with Crippen LogP contribution in [0.1, 0.15) is 11.1 Å². The lowest BCUT2D eigenvalue weighted by atomic mass is 10.1. The second-order valence-electron chi connectivity index (χ2n) is 6.13. The van der Waals surface area contributed by atoms with Gasteiger partial charge in [0.15, 0.2) is 0 Å². The van der Waals surface area contributed by atoms with Crippen molar-refractivity contribution in [2.75, 3.05) is 0 Å². The Kier molecular flexibility index (Phi) is 8.08. The Labute approximate surface area is 192 Å². The second kappa shape index (κ2) is 11.4. The highest BCUT2D eigenvalue weighted by atomic mass is 33.1. The molecule has 4 rings (SSSR count). The van der Waals surface area contributed by atoms with Crippen LogP contribution in [-0.4, -0.2) is 19.9 Å². The molecule has 150 valence electrons. The average molecular weight is 467 g/mol. The summed E-state index contributed by atoms with van der Waals surface area (Å²) in [5.41, 5.74) is 4.25. The zero-order chi connectivity index (χ0) is 20.4. The second-order valence-corrected chi connectivity index (χ2v) is 10.8. The van der Waals surface area contributed by atoms with Crippen molar-refractivity contribution in [2.24, 2.45) is 0 Å². The minimum Gasteiger partial charge on any atom is -0.255 e. The molecule has 0 radical (unpaired) electrons. The molecule has 0 atom stereocenters. The fraction of sp³-hybridized carbons (Fsp3) is 0.0909. The molecule has 4 heterocycles. The van der Waals surface area contributed by atoms with E-state index in [9.17, 15) is 0 Å². The quantitative estimate of drug-likeness (QED) is 0.249. The Balaban J connectivity index is 1.35. The number of rotatable bonds is 9. The maximum Gasteiger partial charge on any atom is 0.106 e. The third-order valence-corrected chi connectivity index (χ3v) is 8.33. The van der Waals surface area contributed by atoms with E-state index in [0.29, 0.717) is 0 Å². The van der Waals surface area contributed by atoms with Crippen LogP contribution in [0, 0.1) is 0 Å². The first-order chi connectivity index (χ1) is 14.9. The molecule has 8 heteroatoms. The molecule has 0 spiro atoms. The largest absolute Gasteiger partial charge is 0.255 e. The van der Waals surface area contributed by atoms with Gasteiger partial charge in [-0.25, -0.2) is 9.97 Å². The van der Waals surface area contributed by atoms with Crippen LogP contribution in [0.15, 0.2) is 95.5 Å². The maximum atomic E-state index is 4.53. The molecular formula is C22H18N4S4. The van der Waals surface area contributed by atoms with E-state index in [1.54, 1.807) is 43.2 Å². The van der Waals surface area contributed by atoms with Crippen molar-refractivity contribution in [1.29, 1.82) is 0 Å². The lowest BCUT2D eigenvalue weighted by Gasteiger charge is -2.06. The van der Waals surface area contributed by atoms with E-state index in [1.807, 2.05) is 61.2 Å². The van der Waals surface area contributed by atoms with Gasteiger partial charge in [0.25, 0.3) is 0 Å². The van der Waals surface area contributed by atoms with Gasteiger partial charge in [0.2, 0.25) is 0 Å². The van der Waals surface area contributed by atoms with Crippen LogP contribution in [0.4, 0.5) is 0 Å². The molecule has 0 unspecified atom stereocenters. The number of hydrogen-bond donors (Lipinski definition) is 0. The summed E-state index contributed by atoms with van der Waals surface area (Å²) in [7, 11) is 6.91. The first-order valence-corrected chi connectivity index (χ1v) is 13.8.